The van der Waals surface area contributed by atoms with Crippen molar-refractivity contribution in [2.24, 2.45) is 0 Å². The first-order chi connectivity index (χ1) is 30.1. The highest BCUT2D eigenvalue weighted by molar-refractivity contribution is 5.70. The van der Waals surface area contributed by atoms with Gasteiger partial charge in [-0.2, -0.15) is 0 Å². The van der Waals surface area contributed by atoms with E-state index in [9.17, 15) is 19.5 Å². The minimum Gasteiger partial charge on any atom is -0.544 e. The minimum absolute atomic E-state index is 0.0168. The average molecular weight is 862 g/mol. The molecule has 8 nitrogen and oxygen atoms in total. The molecule has 0 saturated carbocycles. The molecule has 0 amide bonds. The highest BCUT2D eigenvalue weighted by Gasteiger charge is 2.25. The van der Waals surface area contributed by atoms with Gasteiger partial charge < -0.3 is 28.6 Å². The molecule has 0 aromatic heterocycles. The summed E-state index contributed by atoms with van der Waals surface area (Å²) in [7, 11) is 5.38. The van der Waals surface area contributed by atoms with Crippen molar-refractivity contribution in [2.75, 3.05) is 41.0 Å². The predicted molar refractivity (Wildman–Crippen MR) is 258 cm³/mol. The van der Waals surface area contributed by atoms with Crippen LogP contribution in [0.2, 0.25) is 0 Å². The van der Waals surface area contributed by atoms with Gasteiger partial charge in [0.1, 0.15) is 12.6 Å². The molecular weight excluding hydrogens is 775 g/mol. The maximum Gasteiger partial charge on any atom is 0.306 e. The number of carboxylic acid groups (broad SMARTS) is 1. The molecule has 0 N–H and O–H groups in total. The van der Waals surface area contributed by atoms with Crippen molar-refractivity contribution in [3.05, 3.63) is 109 Å². The summed E-state index contributed by atoms with van der Waals surface area (Å²) in [5.41, 5.74) is 0. The van der Waals surface area contributed by atoms with Crippen LogP contribution < -0.4 is 5.11 Å². The van der Waals surface area contributed by atoms with Gasteiger partial charge in [-0.3, -0.25) is 9.59 Å². The standard InChI is InChI=1S/C54H87NO7/c1-6-8-10-12-14-16-18-20-22-24-25-26-27-28-29-31-32-34-36-38-40-42-44-52(56)61-49-50(48-60-47-46-51(54(58)59)55(3,4)5)62-53(57)45-43-41-39-37-35-33-30-23-21-19-17-15-13-11-9-7-2/h8-11,14-17,20-23,25-26,28-29,32,34,50-51H,6-7,12-13,18-19,24,27,30-31,33,35-49H2,1-5H3/b10-8+,11-9+,16-14+,17-15+,22-20+,23-21+,26-25+,29-28+,34-32+. The summed E-state index contributed by atoms with van der Waals surface area (Å²) in [6, 6.07) is -0.741. The number of ether oxygens (including phenoxy) is 3. The van der Waals surface area contributed by atoms with Gasteiger partial charge >= 0.3 is 11.9 Å². The van der Waals surface area contributed by atoms with Crippen molar-refractivity contribution in [2.45, 2.75) is 174 Å². The predicted octanol–water partition coefficient (Wildman–Crippen LogP) is 12.3. The quantitative estimate of drug-likeness (QED) is 0.0261. The number of aliphatic carboxylic acids is 1. The number of allylic oxidation sites excluding steroid dienone is 18. The highest BCUT2D eigenvalue weighted by Crippen LogP contribution is 2.12. The van der Waals surface area contributed by atoms with Gasteiger partial charge in [-0.25, -0.2) is 0 Å². The fourth-order valence-corrected chi connectivity index (χ4v) is 6.26. The highest BCUT2D eigenvalue weighted by atomic mass is 16.6. The summed E-state index contributed by atoms with van der Waals surface area (Å²) >= 11 is 0. The lowest BCUT2D eigenvalue weighted by atomic mass is 10.1. The number of rotatable bonds is 41. The molecule has 0 aromatic rings. The number of hydrogen-bond donors (Lipinski definition) is 0. The first-order valence-electron chi connectivity index (χ1n) is 23.9. The third-order valence-electron chi connectivity index (χ3n) is 9.90. The van der Waals surface area contributed by atoms with E-state index in [1.54, 1.807) is 21.1 Å². The third kappa shape index (κ3) is 41.3. The second-order valence-electron chi connectivity index (χ2n) is 16.6. The molecule has 0 bridgehead atoms. The van der Waals surface area contributed by atoms with E-state index in [0.29, 0.717) is 12.8 Å². The van der Waals surface area contributed by atoms with Crippen LogP contribution in [0.3, 0.4) is 0 Å². The average Bonchev–Trinajstić information content (AvgIpc) is 3.23. The van der Waals surface area contributed by atoms with Crippen LogP contribution in [-0.2, 0) is 28.6 Å². The van der Waals surface area contributed by atoms with Crippen LogP contribution in [-0.4, -0.2) is 75.5 Å². The SMILES string of the molecule is CC/C=C/C/C=C/C/C=C/C/C=C/C/C=C/C/C=C/CCCCCC(=O)OCC(COCCC(C(=O)[O-])[N+](C)(C)C)OC(=O)CCCCCCCC/C=C/C/C=C/C/C=C/CC. The Labute approximate surface area is 378 Å². The largest absolute Gasteiger partial charge is 0.544 e. The van der Waals surface area contributed by atoms with Gasteiger partial charge in [0, 0.05) is 19.3 Å². The fraction of sp³-hybridized carbons (Fsp3) is 0.611. The molecule has 2 unspecified atom stereocenters. The molecule has 0 rings (SSSR count). The molecule has 0 saturated heterocycles. The summed E-state index contributed by atoms with van der Waals surface area (Å²) in [6.07, 6.45) is 59.7. The van der Waals surface area contributed by atoms with Crippen molar-refractivity contribution < 1.29 is 38.2 Å². The zero-order chi connectivity index (χ0) is 45.6. The van der Waals surface area contributed by atoms with Gasteiger partial charge in [-0.1, -0.05) is 155 Å². The number of nitrogens with zero attached hydrogens (tertiary/aromatic N) is 1. The number of carbonyl (C=O) groups is 3. The first-order valence-corrected chi connectivity index (χ1v) is 23.9. The zero-order valence-corrected chi connectivity index (χ0v) is 39.7. The molecule has 0 aliphatic heterocycles. The zero-order valence-electron chi connectivity index (χ0n) is 39.7. The first kappa shape index (κ1) is 58.0. The smallest absolute Gasteiger partial charge is 0.306 e. The van der Waals surface area contributed by atoms with Crippen molar-refractivity contribution in [1.82, 2.24) is 0 Å². The van der Waals surface area contributed by atoms with Gasteiger partial charge in [0.05, 0.1) is 40.3 Å². The number of likely N-dealkylation sites (N-methyl/N-ethyl adjacent to an activating group) is 1. The molecule has 0 aliphatic rings. The van der Waals surface area contributed by atoms with Crippen molar-refractivity contribution >= 4 is 17.9 Å². The second kappa shape index (κ2) is 43.6. The molecule has 2 atom stereocenters. The maximum atomic E-state index is 12.7. The van der Waals surface area contributed by atoms with Gasteiger partial charge in [0.2, 0.25) is 0 Å². The Morgan fingerprint density at radius 1 is 0.484 bits per heavy atom. The summed E-state index contributed by atoms with van der Waals surface area (Å²) < 4.78 is 17.2. The molecular formula is C54H87NO7. The van der Waals surface area contributed by atoms with Crippen molar-refractivity contribution in [3.8, 4) is 0 Å². The number of carboxylic acids is 1. The normalized spacial score (nSPS) is 13.9. The van der Waals surface area contributed by atoms with E-state index in [2.05, 4.69) is 123 Å². The lowest BCUT2D eigenvalue weighted by Crippen LogP contribution is -2.55. The Morgan fingerprint density at radius 2 is 0.855 bits per heavy atom. The van der Waals surface area contributed by atoms with E-state index in [1.807, 2.05) is 0 Å². The van der Waals surface area contributed by atoms with E-state index in [1.165, 1.54) is 12.8 Å². The molecule has 0 fully saturated rings. The number of unbranched alkanes of at least 4 members (excludes halogenated alkanes) is 9. The van der Waals surface area contributed by atoms with E-state index in [4.69, 9.17) is 14.2 Å². The summed E-state index contributed by atoms with van der Waals surface area (Å²) in [5, 5.41) is 11.6. The van der Waals surface area contributed by atoms with Crippen LogP contribution in [0.4, 0.5) is 0 Å². The summed E-state index contributed by atoms with van der Waals surface area (Å²) in [5.74, 6) is -1.81. The molecule has 62 heavy (non-hydrogen) atoms. The molecule has 0 aliphatic carbocycles. The van der Waals surface area contributed by atoms with E-state index < -0.39 is 18.1 Å². The van der Waals surface area contributed by atoms with E-state index in [0.717, 1.165) is 116 Å². The third-order valence-corrected chi connectivity index (χ3v) is 9.90. The Balaban J connectivity index is 4.40. The number of hydrogen-bond acceptors (Lipinski definition) is 7. The Bertz CT molecular complexity index is 1370. The number of carbonyl (C=O) groups excluding carboxylic acids is 3. The molecule has 8 heteroatoms. The monoisotopic (exact) mass is 862 g/mol. The van der Waals surface area contributed by atoms with Crippen molar-refractivity contribution in [1.29, 1.82) is 0 Å². The summed E-state index contributed by atoms with van der Waals surface area (Å²) in [4.78, 5) is 37.0. The van der Waals surface area contributed by atoms with Crippen molar-refractivity contribution in [3.63, 3.8) is 0 Å². The minimum atomic E-state index is -1.14. The Hall–Kier alpha value is -4.01. The lowest BCUT2D eigenvalue weighted by Gasteiger charge is -2.34. The van der Waals surface area contributed by atoms with Crippen LogP contribution in [0.25, 0.3) is 0 Å². The number of quaternary nitrogens is 1. The Kier molecular flexibility index (Phi) is 40.8. The van der Waals surface area contributed by atoms with E-state index in [-0.39, 0.29) is 42.7 Å². The number of esters is 2. The maximum absolute atomic E-state index is 12.7. The van der Waals surface area contributed by atoms with Gasteiger partial charge in [-0.05, 0) is 96.3 Å². The van der Waals surface area contributed by atoms with Crippen LogP contribution in [0.15, 0.2) is 109 Å². The van der Waals surface area contributed by atoms with Gasteiger partial charge in [0.15, 0.2) is 6.10 Å². The molecule has 350 valence electrons. The lowest BCUT2D eigenvalue weighted by molar-refractivity contribution is -0.889. The molecule has 0 spiro atoms. The van der Waals surface area contributed by atoms with Crippen LogP contribution in [0, 0.1) is 0 Å². The van der Waals surface area contributed by atoms with E-state index >= 15 is 0 Å². The second-order valence-corrected chi connectivity index (χ2v) is 16.6. The summed E-state index contributed by atoms with van der Waals surface area (Å²) in [6.45, 7) is 4.37. The van der Waals surface area contributed by atoms with Gasteiger partial charge in [-0.15, -0.1) is 0 Å². The van der Waals surface area contributed by atoms with Gasteiger partial charge in [0.25, 0.3) is 0 Å². The molecule has 0 heterocycles. The van der Waals surface area contributed by atoms with Crippen LogP contribution >= 0.6 is 0 Å². The molecule has 0 radical (unpaired) electrons. The fourth-order valence-electron chi connectivity index (χ4n) is 6.26. The van der Waals surface area contributed by atoms with Crippen LogP contribution in [0.5, 0.6) is 0 Å². The molecule has 0 aromatic carbocycles. The Morgan fingerprint density at radius 3 is 1.27 bits per heavy atom. The topological polar surface area (TPSA) is 102 Å². The van der Waals surface area contributed by atoms with Crippen LogP contribution in [0.1, 0.15) is 162 Å².